The SMILES string of the molecule is c1ccc(N(c2ccc3c(c2)sc2ccc(-c4ccc5c(c4)c4ccccc4n5-c4ccc5ccccc5c4)cc23)c2cccc3ccccc23)cc1. The number of hydrogen-bond donors (Lipinski definition) is 0. The van der Waals surface area contributed by atoms with Crippen molar-refractivity contribution in [1.29, 1.82) is 0 Å². The molecule has 0 saturated heterocycles. The van der Waals surface area contributed by atoms with Crippen LogP contribution in [0.1, 0.15) is 0 Å². The zero-order chi connectivity index (χ0) is 34.9. The molecule has 0 amide bonds. The summed E-state index contributed by atoms with van der Waals surface area (Å²) in [6.07, 6.45) is 0. The van der Waals surface area contributed by atoms with Gasteiger partial charge in [0.15, 0.2) is 0 Å². The Bertz CT molecular complexity index is 3180. The molecule has 0 unspecified atom stereocenters. The fraction of sp³-hybridized carbons (Fsp3) is 0. The molecule has 248 valence electrons. The smallest absolute Gasteiger partial charge is 0.0541 e. The lowest BCUT2D eigenvalue weighted by Crippen LogP contribution is -2.10. The first-order valence-corrected chi connectivity index (χ1v) is 18.9. The summed E-state index contributed by atoms with van der Waals surface area (Å²) in [4.78, 5) is 2.39. The van der Waals surface area contributed by atoms with Crippen LogP contribution in [0.15, 0.2) is 194 Å². The average molecular weight is 693 g/mol. The van der Waals surface area contributed by atoms with E-state index in [1.54, 1.807) is 0 Å². The molecule has 3 heteroatoms. The second-order valence-corrected chi connectivity index (χ2v) is 14.9. The maximum atomic E-state index is 2.41. The van der Waals surface area contributed by atoms with E-state index >= 15 is 0 Å². The van der Waals surface area contributed by atoms with Crippen LogP contribution in [0.25, 0.3) is 80.3 Å². The quantitative estimate of drug-likeness (QED) is 0.174. The van der Waals surface area contributed by atoms with E-state index in [2.05, 4.69) is 204 Å². The molecule has 11 rings (SSSR count). The fourth-order valence-electron chi connectivity index (χ4n) is 8.24. The number of fused-ring (bicyclic) bond motifs is 8. The third-order valence-electron chi connectivity index (χ3n) is 10.7. The van der Waals surface area contributed by atoms with E-state index in [1.165, 1.54) is 86.0 Å². The van der Waals surface area contributed by atoms with Gasteiger partial charge in [-0.15, -0.1) is 11.3 Å². The Morgan fingerprint density at radius 2 is 1.06 bits per heavy atom. The molecule has 0 N–H and O–H groups in total. The summed E-state index contributed by atoms with van der Waals surface area (Å²) >= 11 is 1.87. The van der Waals surface area contributed by atoms with Crippen LogP contribution >= 0.6 is 11.3 Å². The molecule has 0 aliphatic heterocycles. The molecule has 0 aliphatic carbocycles. The van der Waals surface area contributed by atoms with Gasteiger partial charge in [0.2, 0.25) is 0 Å². The Morgan fingerprint density at radius 1 is 0.358 bits per heavy atom. The number of para-hydroxylation sites is 2. The number of hydrogen-bond acceptors (Lipinski definition) is 2. The van der Waals surface area contributed by atoms with Gasteiger partial charge in [-0.3, -0.25) is 0 Å². The molecule has 0 fully saturated rings. The van der Waals surface area contributed by atoms with E-state index < -0.39 is 0 Å². The van der Waals surface area contributed by atoms with E-state index in [-0.39, 0.29) is 0 Å². The Hall–Kier alpha value is -6.68. The summed E-state index contributed by atoms with van der Waals surface area (Å²) < 4.78 is 4.99. The van der Waals surface area contributed by atoms with E-state index in [0.717, 1.165) is 11.4 Å². The van der Waals surface area contributed by atoms with E-state index in [9.17, 15) is 0 Å². The van der Waals surface area contributed by atoms with Gasteiger partial charge in [-0.1, -0.05) is 121 Å². The third-order valence-corrected chi connectivity index (χ3v) is 11.9. The maximum Gasteiger partial charge on any atom is 0.0541 e. The highest BCUT2D eigenvalue weighted by Crippen LogP contribution is 2.44. The first-order chi connectivity index (χ1) is 26.3. The number of nitrogens with zero attached hydrogens (tertiary/aromatic N) is 2. The van der Waals surface area contributed by atoms with E-state index in [1.807, 2.05) is 11.3 Å². The topological polar surface area (TPSA) is 8.17 Å². The Balaban J connectivity index is 1.03. The first kappa shape index (κ1) is 30.0. The molecule has 0 radical (unpaired) electrons. The standard InChI is InChI=1S/C50H32N2S/c1-2-15-38(16-3-1)51(46-20-10-14-34-12-6-7-17-41(34)46)40-25-26-43-45-31-37(23-28-49(45)53-50(43)32-40)36-22-27-48-44(30-36)42-18-8-9-19-47(42)52(48)39-24-21-33-11-4-5-13-35(33)29-39/h1-32H. The lowest BCUT2D eigenvalue weighted by Gasteiger charge is -2.27. The molecule has 0 atom stereocenters. The number of rotatable bonds is 5. The molecule has 2 heterocycles. The van der Waals surface area contributed by atoms with Crippen molar-refractivity contribution in [1.82, 2.24) is 4.57 Å². The van der Waals surface area contributed by atoms with Crippen LogP contribution in [0, 0.1) is 0 Å². The second-order valence-electron chi connectivity index (χ2n) is 13.8. The van der Waals surface area contributed by atoms with Crippen LogP contribution in [0.4, 0.5) is 17.1 Å². The van der Waals surface area contributed by atoms with Crippen molar-refractivity contribution < 1.29 is 0 Å². The van der Waals surface area contributed by atoms with Crippen molar-refractivity contribution in [2.24, 2.45) is 0 Å². The van der Waals surface area contributed by atoms with Crippen LogP contribution in [-0.4, -0.2) is 4.57 Å². The minimum absolute atomic E-state index is 1.14. The molecular formula is C50H32N2S. The molecule has 11 aromatic rings. The summed E-state index contributed by atoms with van der Waals surface area (Å²) in [5, 5.41) is 10.1. The molecule has 53 heavy (non-hydrogen) atoms. The average Bonchev–Trinajstić information content (AvgIpc) is 3.76. The monoisotopic (exact) mass is 692 g/mol. The number of anilines is 3. The van der Waals surface area contributed by atoms with Gasteiger partial charge in [0, 0.05) is 53.4 Å². The third kappa shape index (κ3) is 4.86. The first-order valence-electron chi connectivity index (χ1n) is 18.1. The fourth-order valence-corrected chi connectivity index (χ4v) is 9.36. The molecule has 2 aromatic heterocycles. The number of benzene rings is 9. The van der Waals surface area contributed by atoms with Gasteiger partial charge in [-0.05, 0) is 100 Å². The zero-order valence-electron chi connectivity index (χ0n) is 28.8. The second kappa shape index (κ2) is 11.9. The van der Waals surface area contributed by atoms with Crippen molar-refractivity contribution in [3.05, 3.63) is 194 Å². The Morgan fingerprint density at radius 3 is 1.94 bits per heavy atom. The summed E-state index contributed by atoms with van der Waals surface area (Å²) in [6.45, 7) is 0. The maximum absolute atomic E-state index is 2.41. The highest BCUT2D eigenvalue weighted by Gasteiger charge is 2.18. The van der Waals surface area contributed by atoms with Crippen molar-refractivity contribution in [2.45, 2.75) is 0 Å². The van der Waals surface area contributed by atoms with Crippen LogP contribution in [0.5, 0.6) is 0 Å². The summed E-state index contributed by atoms with van der Waals surface area (Å²) in [5.41, 5.74) is 9.54. The largest absolute Gasteiger partial charge is 0.310 e. The molecule has 0 aliphatic rings. The van der Waals surface area contributed by atoms with Crippen molar-refractivity contribution >= 4 is 91.9 Å². The van der Waals surface area contributed by atoms with Crippen molar-refractivity contribution in [2.75, 3.05) is 4.90 Å². The summed E-state index contributed by atoms with van der Waals surface area (Å²) in [6, 6.07) is 71.0. The number of aromatic nitrogens is 1. The van der Waals surface area contributed by atoms with Crippen molar-refractivity contribution in [3.63, 3.8) is 0 Å². The van der Waals surface area contributed by atoms with Crippen LogP contribution in [-0.2, 0) is 0 Å². The minimum atomic E-state index is 1.14. The normalized spacial score (nSPS) is 11.8. The minimum Gasteiger partial charge on any atom is -0.310 e. The van der Waals surface area contributed by atoms with Crippen molar-refractivity contribution in [3.8, 4) is 16.8 Å². The summed E-state index contributed by atoms with van der Waals surface area (Å²) in [5.74, 6) is 0. The van der Waals surface area contributed by atoms with Gasteiger partial charge in [0.1, 0.15) is 0 Å². The molecule has 2 nitrogen and oxygen atoms in total. The Kier molecular flexibility index (Phi) is 6.76. The van der Waals surface area contributed by atoms with E-state index in [0.29, 0.717) is 0 Å². The summed E-state index contributed by atoms with van der Waals surface area (Å²) in [7, 11) is 0. The van der Waals surface area contributed by atoms with Gasteiger partial charge in [0.25, 0.3) is 0 Å². The van der Waals surface area contributed by atoms with Crippen LogP contribution in [0.2, 0.25) is 0 Å². The lowest BCUT2D eigenvalue weighted by molar-refractivity contribution is 1.19. The molecular weight excluding hydrogens is 661 g/mol. The van der Waals surface area contributed by atoms with Gasteiger partial charge in [-0.25, -0.2) is 0 Å². The number of thiophene rings is 1. The predicted octanol–water partition coefficient (Wildman–Crippen LogP) is 14.6. The van der Waals surface area contributed by atoms with Gasteiger partial charge < -0.3 is 9.47 Å². The van der Waals surface area contributed by atoms with Crippen LogP contribution < -0.4 is 4.90 Å². The highest BCUT2D eigenvalue weighted by atomic mass is 32.1. The molecule has 0 spiro atoms. The van der Waals surface area contributed by atoms with Crippen LogP contribution in [0.3, 0.4) is 0 Å². The lowest BCUT2D eigenvalue weighted by atomic mass is 10.0. The zero-order valence-corrected chi connectivity index (χ0v) is 29.6. The molecule has 0 bridgehead atoms. The van der Waals surface area contributed by atoms with Gasteiger partial charge >= 0.3 is 0 Å². The Labute approximate surface area is 311 Å². The van der Waals surface area contributed by atoms with Gasteiger partial charge in [-0.2, -0.15) is 0 Å². The van der Waals surface area contributed by atoms with Gasteiger partial charge in [0.05, 0.1) is 16.7 Å². The van der Waals surface area contributed by atoms with E-state index in [4.69, 9.17) is 0 Å². The molecule has 9 aromatic carbocycles. The molecule has 0 saturated carbocycles. The highest BCUT2D eigenvalue weighted by molar-refractivity contribution is 7.25. The predicted molar refractivity (Wildman–Crippen MR) is 229 cm³/mol.